The topological polar surface area (TPSA) is 228 Å². The molecule has 12 heteroatoms. The molecule has 0 aliphatic heterocycles. The lowest BCUT2D eigenvalue weighted by Gasteiger charge is -2.22. The zero-order valence-electron chi connectivity index (χ0n) is 15.6. The third-order valence-corrected chi connectivity index (χ3v) is 3.88. The third-order valence-electron chi connectivity index (χ3n) is 3.88. The Morgan fingerprint density at radius 2 is 1.43 bits per heavy atom. The van der Waals surface area contributed by atoms with Crippen LogP contribution in [0.2, 0.25) is 0 Å². The minimum Gasteiger partial charge on any atom is -0.481 e. The molecule has 3 atom stereocenters. The molecule has 0 aromatic heterocycles. The van der Waals surface area contributed by atoms with E-state index in [1.807, 2.05) is 0 Å². The number of carboxylic acids is 2. The summed E-state index contributed by atoms with van der Waals surface area (Å²) >= 11 is 0. The van der Waals surface area contributed by atoms with Crippen molar-refractivity contribution in [2.45, 2.75) is 63.1 Å². The van der Waals surface area contributed by atoms with E-state index in [4.69, 9.17) is 22.3 Å². The molecule has 0 aliphatic rings. The van der Waals surface area contributed by atoms with Crippen molar-refractivity contribution in [3.63, 3.8) is 0 Å². The molecule has 12 nitrogen and oxygen atoms in total. The summed E-state index contributed by atoms with van der Waals surface area (Å²) < 4.78 is 0. The van der Waals surface area contributed by atoms with E-state index >= 15 is 0 Å². The lowest BCUT2D eigenvalue weighted by atomic mass is 10.1. The largest absolute Gasteiger partial charge is 0.481 e. The lowest BCUT2D eigenvalue weighted by Crippen LogP contribution is -2.54. The van der Waals surface area contributed by atoms with E-state index in [-0.39, 0.29) is 32.1 Å². The number of nitrogens with two attached hydrogens (primary N) is 3. The van der Waals surface area contributed by atoms with Crippen molar-refractivity contribution in [1.82, 2.24) is 10.6 Å². The van der Waals surface area contributed by atoms with Gasteiger partial charge in [-0.1, -0.05) is 0 Å². The Morgan fingerprint density at radius 1 is 0.821 bits per heavy atom. The Hall–Kier alpha value is -2.73. The van der Waals surface area contributed by atoms with Gasteiger partial charge >= 0.3 is 11.9 Å². The monoisotopic (exact) mass is 403 g/mol. The number of aliphatic carboxylic acids is 2. The number of carbonyl (C=O) groups excluding carboxylic acids is 3. The highest BCUT2D eigenvalue weighted by molar-refractivity contribution is 5.92. The molecule has 0 aromatic rings. The molecule has 160 valence electrons. The van der Waals surface area contributed by atoms with Crippen LogP contribution in [0.25, 0.3) is 0 Å². The van der Waals surface area contributed by atoms with Gasteiger partial charge in [0.2, 0.25) is 17.7 Å². The smallest absolute Gasteiger partial charge is 0.326 e. The van der Waals surface area contributed by atoms with Crippen LogP contribution < -0.4 is 27.8 Å². The van der Waals surface area contributed by atoms with Crippen molar-refractivity contribution in [2.75, 3.05) is 6.54 Å². The average molecular weight is 403 g/mol. The first kappa shape index (κ1) is 25.3. The van der Waals surface area contributed by atoms with Gasteiger partial charge in [-0.2, -0.15) is 0 Å². The second kappa shape index (κ2) is 13.4. The van der Waals surface area contributed by atoms with Gasteiger partial charge in [-0.05, 0) is 38.6 Å². The summed E-state index contributed by atoms with van der Waals surface area (Å²) in [5, 5.41) is 22.5. The molecule has 0 heterocycles. The van der Waals surface area contributed by atoms with Gasteiger partial charge < -0.3 is 38.0 Å². The molecule has 0 fully saturated rings. The fourth-order valence-corrected chi connectivity index (χ4v) is 2.27. The van der Waals surface area contributed by atoms with Crippen LogP contribution in [0, 0.1) is 0 Å². The molecule has 0 aromatic carbocycles. The number of hydrogen-bond acceptors (Lipinski definition) is 7. The molecule has 0 radical (unpaired) electrons. The molecule has 28 heavy (non-hydrogen) atoms. The predicted octanol–water partition coefficient (Wildman–Crippen LogP) is -2.37. The summed E-state index contributed by atoms with van der Waals surface area (Å²) in [6.45, 7) is 0.372. The first-order valence-electron chi connectivity index (χ1n) is 8.87. The van der Waals surface area contributed by atoms with Gasteiger partial charge in [0.15, 0.2) is 0 Å². The van der Waals surface area contributed by atoms with Crippen molar-refractivity contribution in [1.29, 1.82) is 0 Å². The van der Waals surface area contributed by atoms with E-state index in [1.165, 1.54) is 0 Å². The van der Waals surface area contributed by atoms with Crippen LogP contribution in [-0.2, 0) is 24.0 Å². The van der Waals surface area contributed by atoms with Crippen LogP contribution in [0.15, 0.2) is 0 Å². The number of carboxylic acid groups (broad SMARTS) is 2. The number of rotatable bonds is 15. The van der Waals surface area contributed by atoms with E-state index in [1.54, 1.807) is 0 Å². The van der Waals surface area contributed by atoms with Gasteiger partial charge in [-0.25, -0.2) is 4.79 Å². The highest BCUT2D eigenvalue weighted by atomic mass is 16.4. The Morgan fingerprint density at radius 3 is 1.93 bits per heavy atom. The summed E-state index contributed by atoms with van der Waals surface area (Å²) in [6, 6.07) is -3.56. The van der Waals surface area contributed by atoms with E-state index in [0.29, 0.717) is 19.4 Å². The molecule has 0 rings (SSSR count). The number of carbonyl (C=O) groups is 5. The van der Waals surface area contributed by atoms with Gasteiger partial charge in [0.1, 0.15) is 12.1 Å². The quantitative estimate of drug-likeness (QED) is 0.145. The Labute approximate surface area is 162 Å². The molecule has 3 amide bonds. The second-order valence-corrected chi connectivity index (χ2v) is 6.29. The Balaban J connectivity index is 5.00. The van der Waals surface area contributed by atoms with Crippen LogP contribution in [0.4, 0.5) is 0 Å². The molecular formula is C16H29N5O7. The van der Waals surface area contributed by atoms with Crippen LogP contribution in [0.3, 0.4) is 0 Å². The standard InChI is InChI=1S/C16H29N5O7/c17-8-2-1-3-10(20-14(25)9(18)4-7-13(23)24)15(26)21-11(16(27)28)5-6-12(19)22/h9-11H,1-8,17-18H2,(H2,19,22)(H,20,25)(H,21,26)(H,23,24)(H,27,28). The zero-order valence-corrected chi connectivity index (χ0v) is 15.6. The molecule has 0 aliphatic carbocycles. The number of amides is 3. The highest BCUT2D eigenvalue weighted by Crippen LogP contribution is 2.05. The van der Waals surface area contributed by atoms with Crippen LogP contribution >= 0.6 is 0 Å². The molecule has 3 unspecified atom stereocenters. The van der Waals surface area contributed by atoms with Crippen molar-refractivity contribution in [3.8, 4) is 0 Å². The SMILES string of the molecule is NCCCCC(NC(=O)C(N)CCC(=O)O)C(=O)NC(CCC(N)=O)C(=O)O. The van der Waals surface area contributed by atoms with Gasteiger partial charge in [0, 0.05) is 12.8 Å². The van der Waals surface area contributed by atoms with Crippen LogP contribution in [0.5, 0.6) is 0 Å². The lowest BCUT2D eigenvalue weighted by molar-refractivity contribution is -0.142. The van der Waals surface area contributed by atoms with Crippen LogP contribution in [0.1, 0.15) is 44.9 Å². The van der Waals surface area contributed by atoms with Gasteiger partial charge in [-0.15, -0.1) is 0 Å². The van der Waals surface area contributed by atoms with Crippen LogP contribution in [-0.4, -0.2) is 64.5 Å². The zero-order chi connectivity index (χ0) is 21.7. The van der Waals surface area contributed by atoms with Crippen molar-refractivity contribution in [2.24, 2.45) is 17.2 Å². The molecule has 0 bridgehead atoms. The van der Waals surface area contributed by atoms with E-state index in [0.717, 1.165) is 0 Å². The summed E-state index contributed by atoms with van der Waals surface area (Å²) in [7, 11) is 0. The second-order valence-electron chi connectivity index (χ2n) is 6.29. The summed E-state index contributed by atoms with van der Waals surface area (Å²) in [6.07, 6.45) is 0.386. The summed E-state index contributed by atoms with van der Waals surface area (Å²) in [5.74, 6) is -4.65. The normalized spacial score (nSPS) is 13.8. The summed E-state index contributed by atoms with van der Waals surface area (Å²) in [5.41, 5.74) is 16.0. The molecular weight excluding hydrogens is 374 g/mol. The number of hydrogen-bond donors (Lipinski definition) is 7. The van der Waals surface area contributed by atoms with Crippen molar-refractivity contribution >= 4 is 29.7 Å². The maximum Gasteiger partial charge on any atom is 0.326 e. The highest BCUT2D eigenvalue weighted by Gasteiger charge is 2.28. The first-order chi connectivity index (χ1) is 13.1. The van der Waals surface area contributed by atoms with Crippen molar-refractivity contribution < 1.29 is 34.2 Å². The predicted molar refractivity (Wildman–Crippen MR) is 97.7 cm³/mol. The average Bonchev–Trinajstić information content (AvgIpc) is 2.61. The first-order valence-corrected chi connectivity index (χ1v) is 8.87. The van der Waals surface area contributed by atoms with Gasteiger partial charge in [0.25, 0.3) is 0 Å². The molecule has 0 saturated carbocycles. The maximum absolute atomic E-state index is 12.4. The maximum atomic E-state index is 12.4. The van der Waals surface area contributed by atoms with E-state index < -0.39 is 47.8 Å². The Kier molecular flexibility index (Phi) is 12.1. The fraction of sp³-hybridized carbons (Fsp3) is 0.688. The fourth-order valence-electron chi connectivity index (χ4n) is 2.27. The number of nitrogens with one attached hydrogen (secondary N) is 2. The van der Waals surface area contributed by atoms with Gasteiger partial charge in [0.05, 0.1) is 6.04 Å². The molecule has 0 spiro atoms. The number of unbranched alkanes of at least 4 members (excludes halogenated alkanes) is 1. The van der Waals surface area contributed by atoms with E-state index in [9.17, 15) is 29.1 Å². The Bertz CT molecular complexity index is 570. The minimum atomic E-state index is -1.35. The molecule has 10 N–H and O–H groups in total. The van der Waals surface area contributed by atoms with E-state index in [2.05, 4.69) is 10.6 Å². The minimum absolute atomic E-state index is 0.116. The summed E-state index contributed by atoms with van der Waals surface area (Å²) in [4.78, 5) is 57.3. The number of primary amides is 1. The van der Waals surface area contributed by atoms with Gasteiger partial charge in [-0.3, -0.25) is 19.2 Å². The van der Waals surface area contributed by atoms with Crippen molar-refractivity contribution in [3.05, 3.63) is 0 Å². The molecule has 0 saturated heterocycles. The third kappa shape index (κ3) is 11.1.